The van der Waals surface area contributed by atoms with Gasteiger partial charge in [0.15, 0.2) is 0 Å². The highest BCUT2D eigenvalue weighted by atomic mass is 35.5. The Labute approximate surface area is 126 Å². The molecule has 0 amide bonds. The molecule has 1 nitrogen and oxygen atoms in total. The van der Waals surface area contributed by atoms with E-state index in [1.165, 1.54) is 31.7 Å². The molecule has 0 bridgehead atoms. The number of hydrogen-bond acceptors (Lipinski definition) is 1. The van der Waals surface area contributed by atoms with Crippen LogP contribution in [0.2, 0.25) is 5.02 Å². The highest BCUT2D eigenvalue weighted by Crippen LogP contribution is 2.30. The normalized spacial score (nSPS) is 17.6. The van der Waals surface area contributed by atoms with E-state index < -0.39 is 0 Å². The first kappa shape index (κ1) is 15.8. The highest BCUT2D eigenvalue weighted by molar-refractivity contribution is 6.30. The third-order valence-corrected chi connectivity index (χ3v) is 4.59. The fraction of sp³-hybridized carbons (Fsp3) is 0.647. The second-order valence-electron chi connectivity index (χ2n) is 5.88. The molecule has 2 rings (SSSR count). The Morgan fingerprint density at radius 3 is 2.80 bits per heavy atom. The zero-order chi connectivity index (χ0) is 14.4. The van der Waals surface area contributed by atoms with E-state index in [9.17, 15) is 4.39 Å². The molecule has 1 fully saturated rings. The molecular weight excluding hydrogens is 273 g/mol. The van der Waals surface area contributed by atoms with Crippen LogP contribution in [0.5, 0.6) is 0 Å². The molecule has 20 heavy (non-hydrogen) atoms. The van der Waals surface area contributed by atoms with Gasteiger partial charge in [0, 0.05) is 11.1 Å². The standard InChI is InChI=1S/C17H25ClFN/c1-2-11-20-17(13-5-3-4-6-13)10-7-14-12-15(18)8-9-16(14)19/h8-9,12-13,17,20H,2-7,10-11H2,1H3. The monoisotopic (exact) mass is 297 g/mol. The summed E-state index contributed by atoms with van der Waals surface area (Å²) < 4.78 is 13.8. The first-order valence-electron chi connectivity index (χ1n) is 7.88. The Morgan fingerprint density at radius 1 is 1.35 bits per heavy atom. The predicted molar refractivity (Wildman–Crippen MR) is 83.8 cm³/mol. The van der Waals surface area contributed by atoms with Gasteiger partial charge in [-0.2, -0.15) is 0 Å². The number of nitrogens with one attached hydrogen (secondary N) is 1. The Kier molecular flexibility index (Phi) is 6.31. The summed E-state index contributed by atoms with van der Waals surface area (Å²) in [5.74, 6) is 0.638. The summed E-state index contributed by atoms with van der Waals surface area (Å²) in [5.41, 5.74) is 0.749. The van der Waals surface area contributed by atoms with Gasteiger partial charge in [0.2, 0.25) is 0 Å². The van der Waals surface area contributed by atoms with Crippen molar-refractivity contribution in [2.75, 3.05) is 6.54 Å². The molecule has 0 saturated heterocycles. The topological polar surface area (TPSA) is 12.0 Å². The minimum atomic E-state index is -0.130. The van der Waals surface area contributed by atoms with Crippen LogP contribution in [0.15, 0.2) is 18.2 Å². The van der Waals surface area contributed by atoms with Crippen molar-refractivity contribution in [1.82, 2.24) is 5.32 Å². The zero-order valence-corrected chi connectivity index (χ0v) is 13.1. The SMILES string of the molecule is CCCNC(CCc1cc(Cl)ccc1F)C1CCCC1. The van der Waals surface area contributed by atoms with Crippen molar-refractivity contribution in [3.8, 4) is 0 Å². The number of rotatable bonds is 7. The number of benzene rings is 1. The average molecular weight is 298 g/mol. The minimum absolute atomic E-state index is 0.130. The first-order chi connectivity index (χ1) is 9.70. The van der Waals surface area contributed by atoms with Gasteiger partial charge >= 0.3 is 0 Å². The maximum absolute atomic E-state index is 13.8. The average Bonchev–Trinajstić information content (AvgIpc) is 2.96. The van der Waals surface area contributed by atoms with Crippen LogP contribution >= 0.6 is 11.6 Å². The van der Waals surface area contributed by atoms with E-state index in [2.05, 4.69) is 12.2 Å². The van der Waals surface area contributed by atoms with Gasteiger partial charge in [-0.15, -0.1) is 0 Å². The van der Waals surface area contributed by atoms with Crippen LogP contribution in [0.25, 0.3) is 0 Å². The Hall–Kier alpha value is -0.600. The lowest BCUT2D eigenvalue weighted by atomic mass is 9.92. The van der Waals surface area contributed by atoms with Crippen molar-refractivity contribution < 1.29 is 4.39 Å². The zero-order valence-electron chi connectivity index (χ0n) is 12.3. The van der Waals surface area contributed by atoms with Crippen LogP contribution in [-0.4, -0.2) is 12.6 Å². The second kappa shape index (κ2) is 7.99. The van der Waals surface area contributed by atoms with Crippen molar-refractivity contribution in [2.24, 2.45) is 5.92 Å². The summed E-state index contributed by atoms with van der Waals surface area (Å²) in [5, 5.41) is 4.29. The van der Waals surface area contributed by atoms with Gasteiger partial charge in [0.05, 0.1) is 0 Å². The van der Waals surface area contributed by atoms with Crippen molar-refractivity contribution in [3.05, 3.63) is 34.6 Å². The molecule has 0 radical (unpaired) electrons. The first-order valence-corrected chi connectivity index (χ1v) is 8.25. The second-order valence-corrected chi connectivity index (χ2v) is 6.32. The molecule has 112 valence electrons. The number of hydrogen-bond donors (Lipinski definition) is 1. The molecule has 0 aliphatic heterocycles. The van der Waals surface area contributed by atoms with Crippen LogP contribution in [0.3, 0.4) is 0 Å². The summed E-state index contributed by atoms with van der Waals surface area (Å²) in [6, 6.07) is 5.38. The minimum Gasteiger partial charge on any atom is -0.314 e. The lowest BCUT2D eigenvalue weighted by Crippen LogP contribution is -2.36. The maximum atomic E-state index is 13.8. The van der Waals surface area contributed by atoms with Gasteiger partial charge in [-0.25, -0.2) is 4.39 Å². The van der Waals surface area contributed by atoms with E-state index in [0.717, 1.165) is 37.3 Å². The Morgan fingerprint density at radius 2 is 2.10 bits per heavy atom. The fourth-order valence-electron chi connectivity index (χ4n) is 3.24. The van der Waals surface area contributed by atoms with Crippen LogP contribution in [0.4, 0.5) is 4.39 Å². The molecule has 1 atom stereocenters. The van der Waals surface area contributed by atoms with Crippen LogP contribution in [0, 0.1) is 11.7 Å². The van der Waals surface area contributed by atoms with E-state index in [4.69, 9.17) is 11.6 Å². The van der Waals surface area contributed by atoms with Gasteiger partial charge in [-0.05, 0) is 68.3 Å². The van der Waals surface area contributed by atoms with E-state index in [1.807, 2.05) is 0 Å². The molecule has 1 aromatic rings. The Balaban J connectivity index is 1.94. The summed E-state index contributed by atoms with van der Waals surface area (Å²) in [6.45, 7) is 3.24. The van der Waals surface area contributed by atoms with Crippen molar-refractivity contribution in [2.45, 2.75) is 57.9 Å². The molecule has 1 unspecified atom stereocenters. The van der Waals surface area contributed by atoms with Crippen molar-refractivity contribution in [3.63, 3.8) is 0 Å². The quantitative estimate of drug-likeness (QED) is 0.749. The lowest BCUT2D eigenvalue weighted by Gasteiger charge is -2.25. The molecule has 1 aliphatic rings. The van der Waals surface area contributed by atoms with Crippen molar-refractivity contribution >= 4 is 11.6 Å². The molecule has 0 aromatic heterocycles. The fourth-order valence-corrected chi connectivity index (χ4v) is 3.43. The summed E-state index contributed by atoms with van der Waals surface area (Å²) in [4.78, 5) is 0. The molecule has 1 saturated carbocycles. The summed E-state index contributed by atoms with van der Waals surface area (Å²) >= 11 is 5.96. The molecule has 0 spiro atoms. The Bertz CT molecular complexity index is 415. The molecular formula is C17H25ClFN. The lowest BCUT2D eigenvalue weighted by molar-refractivity contribution is 0.339. The van der Waals surface area contributed by atoms with Crippen LogP contribution < -0.4 is 5.32 Å². The number of halogens is 2. The van der Waals surface area contributed by atoms with E-state index >= 15 is 0 Å². The highest BCUT2D eigenvalue weighted by Gasteiger charge is 2.24. The maximum Gasteiger partial charge on any atom is 0.126 e. The predicted octanol–water partition coefficient (Wildman–Crippen LogP) is 4.97. The molecule has 3 heteroatoms. The molecule has 0 heterocycles. The third kappa shape index (κ3) is 4.46. The molecule has 1 aromatic carbocycles. The smallest absolute Gasteiger partial charge is 0.126 e. The van der Waals surface area contributed by atoms with Crippen LogP contribution in [0.1, 0.15) is 51.0 Å². The molecule has 1 N–H and O–H groups in total. The van der Waals surface area contributed by atoms with E-state index in [0.29, 0.717) is 11.1 Å². The van der Waals surface area contributed by atoms with Gasteiger partial charge in [-0.1, -0.05) is 31.4 Å². The number of aryl methyl sites for hydroxylation is 1. The molecule has 1 aliphatic carbocycles. The van der Waals surface area contributed by atoms with Gasteiger partial charge < -0.3 is 5.32 Å². The summed E-state index contributed by atoms with van der Waals surface area (Å²) in [7, 11) is 0. The van der Waals surface area contributed by atoms with E-state index in [-0.39, 0.29) is 5.82 Å². The third-order valence-electron chi connectivity index (χ3n) is 4.36. The van der Waals surface area contributed by atoms with Crippen molar-refractivity contribution in [1.29, 1.82) is 0 Å². The van der Waals surface area contributed by atoms with Crippen LogP contribution in [-0.2, 0) is 6.42 Å². The largest absolute Gasteiger partial charge is 0.314 e. The summed E-state index contributed by atoms with van der Waals surface area (Å²) in [6.07, 6.45) is 8.25. The van der Waals surface area contributed by atoms with Gasteiger partial charge in [0.1, 0.15) is 5.82 Å². The van der Waals surface area contributed by atoms with Gasteiger partial charge in [-0.3, -0.25) is 0 Å². The van der Waals surface area contributed by atoms with E-state index in [1.54, 1.807) is 12.1 Å². The van der Waals surface area contributed by atoms with Gasteiger partial charge in [0.25, 0.3) is 0 Å².